The molecule has 1 heterocycles. The number of rotatable bonds is 4. The van der Waals surface area contributed by atoms with Crippen molar-refractivity contribution in [2.45, 2.75) is 32.7 Å². The van der Waals surface area contributed by atoms with E-state index in [9.17, 15) is 0 Å². The van der Waals surface area contributed by atoms with E-state index < -0.39 is 0 Å². The molecule has 0 amide bonds. The van der Waals surface area contributed by atoms with Crippen LogP contribution in [-0.4, -0.2) is 12.0 Å². The van der Waals surface area contributed by atoms with Gasteiger partial charge in [-0.25, -0.2) is 4.98 Å². The number of hydrogen-bond acceptors (Lipinski definition) is 2. The van der Waals surface area contributed by atoms with Crippen LogP contribution in [0.1, 0.15) is 35.3 Å². The Morgan fingerprint density at radius 3 is 2.52 bits per heavy atom. The van der Waals surface area contributed by atoms with E-state index >= 15 is 0 Å². The van der Waals surface area contributed by atoms with Crippen molar-refractivity contribution in [1.29, 1.82) is 0 Å². The summed E-state index contributed by atoms with van der Waals surface area (Å²) >= 11 is 12.4. The summed E-state index contributed by atoms with van der Waals surface area (Å²) in [5.41, 5.74) is 4.33. The van der Waals surface area contributed by atoms with Gasteiger partial charge < -0.3 is 4.90 Å². The zero-order chi connectivity index (χ0) is 15.6. The van der Waals surface area contributed by atoms with E-state index in [0.29, 0.717) is 5.88 Å². The first-order valence-electron chi connectivity index (χ1n) is 6.96. The van der Waals surface area contributed by atoms with E-state index in [4.69, 9.17) is 23.2 Å². The molecule has 112 valence electrons. The highest BCUT2D eigenvalue weighted by atomic mass is 35.5. The van der Waals surface area contributed by atoms with Crippen molar-refractivity contribution in [2.24, 2.45) is 0 Å². The van der Waals surface area contributed by atoms with Gasteiger partial charge in [-0.3, -0.25) is 0 Å². The van der Waals surface area contributed by atoms with Crippen molar-refractivity contribution in [3.8, 4) is 0 Å². The molecule has 2 nitrogen and oxygen atoms in total. The minimum Gasteiger partial charge on any atom is -0.353 e. The fraction of sp³-hybridized carbons (Fsp3) is 0.353. The number of aryl methyl sites for hydroxylation is 2. The molecule has 1 aromatic heterocycles. The Balaban J connectivity index is 2.45. The highest BCUT2D eigenvalue weighted by molar-refractivity contribution is 6.31. The van der Waals surface area contributed by atoms with Crippen LogP contribution in [-0.2, 0) is 5.88 Å². The third kappa shape index (κ3) is 3.33. The lowest BCUT2D eigenvalue weighted by Gasteiger charge is -2.29. The van der Waals surface area contributed by atoms with Crippen molar-refractivity contribution in [1.82, 2.24) is 4.98 Å². The molecule has 0 N–H and O–H groups in total. The molecule has 1 atom stereocenters. The van der Waals surface area contributed by atoms with Crippen LogP contribution in [0.5, 0.6) is 0 Å². The Hall–Kier alpha value is -1.25. The van der Waals surface area contributed by atoms with Gasteiger partial charge in [0.25, 0.3) is 0 Å². The van der Waals surface area contributed by atoms with Crippen LogP contribution in [0.2, 0.25) is 5.02 Å². The van der Waals surface area contributed by atoms with E-state index in [-0.39, 0.29) is 6.04 Å². The summed E-state index contributed by atoms with van der Waals surface area (Å²) in [7, 11) is 2.03. The van der Waals surface area contributed by atoms with Crippen LogP contribution in [0.3, 0.4) is 0 Å². The van der Waals surface area contributed by atoms with Crippen molar-refractivity contribution in [2.75, 3.05) is 11.9 Å². The second-order valence-electron chi connectivity index (χ2n) is 5.32. The van der Waals surface area contributed by atoms with Crippen LogP contribution in [0.25, 0.3) is 0 Å². The fourth-order valence-electron chi connectivity index (χ4n) is 2.51. The normalized spacial score (nSPS) is 12.3. The van der Waals surface area contributed by atoms with Gasteiger partial charge in [0.2, 0.25) is 0 Å². The largest absolute Gasteiger partial charge is 0.353 e. The van der Waals surface area contributed by atoms with Crippen LogP contribution < -0.4 is 4.90 Å². The number of anilines is 1. The van der Waals surface area contributed by atoms with Gasteiger partial charge in [-0.2, -0.15) is 0 Å². The lowest BCUT2D eigenvalue weighted by molar-refractivity contribution is 0.723. The second-order valence-corrected chi connectivity index (χ2v) is 6.00. The van der Waals surface area contributed by atoms with Gasteiger partial charge in [0.05, 0.1) is 11.9 Å². The van der Waals surface area contributed by atoms with Gasteiger partial charge in [-0.05, 0) is 44.0 Å². The van der Waals surface area contributed by atoms with E-state index in [1.807, 2.05) is 38.2 Å². The van der Waals surface area contributed by atoms with Crippen molar-refractivity contribution < 1.29 is 0 Å². The molecule has 1 aromatic carbocycles. The molecule has 21 heavy (non-hydrogen) atoms. The molecule has 0 saturated heterocycles. The molecule has 0 aliphatic carbocycles. The number of aromatic nitrogens is 1. The number of hydrogen-bond donors (Lipinski definition) is 0. The Morgan fingerprint density at radius 1 is 1.24 bits per heavy atom. The average Bonchev–Trinajstić information content (AvgIpc) is 2.45. The van der Waals surface area contributed by atoms with Crippen LogP contribution in [0.15, 0.2) is 30.3 Å². The molecule has 0 spiro atoms. The molecule has 1 unspecified atom stereocenters. The smallest absolute Gasteiger partial charge is 0.133 e. The van der Waals surface area contributed by atoms with Gasteiger partial charge in [0.15, 0.2) is 0 Å². The monoisotopic (exact) mass is 322 g/mol. The highest BCUT2D eigenvalue weighted by Gasteiger charge is 2.19. The van der Waals surface area contributed by atoms with E-state index in [1.165, 1.54) is 5.56 Å². The van der Waals surface area contributed by atoms with Gasteiger partial charge in [-0.15, -0.1) is 11.6 Å². The first-order chi connectivity index (χ1) is 9.95. The highest BCUT2D eigenvalue weighted by Crippen LogP contribution is 2.32. The maximum atomic E-state index is 6.31. The SMILES string of the molecule is Cc1cc(C)c(CCl)c(N(C)C(C)c2ccccc2Cl)n1. The number of halogens is 2. The average molecular weight is 323 g/mol. The molecule has 0 radical (unpaired) electrons. The molecule has 0 aliphatic rings. The Kier molecular flexibility index (Phi) is 5.13. The third-order valence-corrected chi connectivity index (χ3v) is 4.47. The summed E-state index contributed by atoms with van der Waals surface area (Å²) in [5.74, 6) is 1.38. The lowest BCUT2D eigenvalue weighted by atomic mass is 10.1. The Morgan fingerprint density at radius 2 is 1.90 bits per heavy atom. The van der Waals surface area contributed by atoms with Crippen LogP contribution in [0.4, 0.5) is 5.82 Å². The number of alkyl halides is 1. The Labute approximate surface area is 136 Å². The van der Waals surface area contributed by atoms with Crippen molar-refractivity contribution >= 4 is 29.0 Å². The van der Waals surface area contributed by atoms with E-state index in [2.05, 4.69) is 29.8 Å². The summed E-state index contributed by atoms with van der Waals surface area (Å²) in [6, 6.07) is 10.1. The molecule has 2 aromatic rings. The lowest BCUT2D eigenvalue weighted by Crippen LogP contribution is -2.24. The molecule has 0 saturated carbocycles. The zero-order valence-electron chi connectivity index (χ0n) is 12.8. The summed E-state index contributed by atoms with van der Waals surface area (Å²) in [4.78, 5) is 6.82. The fourth-order valence-corrected chi connectivity index (χ4v) is 3.13. The molecular weight excluding hydrogens is 303 g/mol. The van der Waals surface area contributed by atoms with E-state index in [0.717, 1.165) is 27.7 Å². The van der Waals surface area contributed by atoms with Gasteiger partial charge in [-0.1, -0.05) is 29.8 Å². The first-order valence-corrected chi connectivity index (χ1v) is 7.87. The summed E-state index contributed by atoms with van der Waals surface area (Å²) in [6.07, 6.45) is 0. The maximum Gasteiger partial charge on any atom is 0.133 e. The first kappa shape index (κ1) is 16.1. The van der Waals surface area contributed by atoms with Crippen molar-refractivity contribution in [3.05, 3.63) is 57.7 Å². The Bertz CT molecular complexity index is 641. The molecule has 4 heteroatoms. The molecule has 0 fully saturated rings. The summed E-state index contributed by atoms with van der Waals surface area (Å²) < 4.78 is 0. The number of benzene rings is 1. The van der Waals surface area contributed by atoms with Gasteiger partial charge in [0, 0.05) is 23.3 Å². The topological polar surface area (TPSA) is 16.1 Å². The van der Waals surface area contributed by atoms with Gasteiger partial charge in [0.1, 0.15) is 5.82 Å². The maximum absolute atomic E-state index is 6.31. The van der Waals surface area contributed by atoms with Gasteiger partial charge >= 0.3 is 0 Å². The summed E-state index contributed by atoms with van der Waals surface area (Å²) in [6.45, 7) is 6.20. The van der Waals surface area contributed by atoms with Crippen LogP contribution in [0, 0.1) is 13.8 Å². The molecule has 0 bridgehead atoms. The molecular formula is C17H20Cl2N2. The minimum atomic E-state index is 0.120. The molecule has 2 rings (SSSR count). The second kappa shape index (κ2) is 6.67. The minimum absolute atomic E-state index is 0.120. The van der Waals surface area contributed by atoms with E-state index in [1.54, 1.807) is 0 Å². The third-order valence-electron chi connectivity index (χ3n) is 3.86. The van der Waals surface area contributed by atoms with Crippen molar-refractivity contribution in [3.63, 3.8) is 0 Å². The van der Waals surface area contributed by atoms with Crippen LogP contribution >= 0.6 is 23.2 Å². The number of pyridine rings is 1. The zero-order valence-corrected chi connectivity index (χ0v) is 14.3. The quantitative estimate of drug-likeness (QED) is 0.711. The predicted octanol–water partition coefficient (Wildman–Crippen LogP) is 5.29. The molecule has 0 aliphatic heterocycles. The number of nitrogens with zero attached hydrogens (tertiary/aromatic N) is 2. The summed E-state index contributed by atoms with van der Waals surface area (Å²) in [5, 5.41) is 0.772. The standard InChI is InChI=1S/C17H20Cl2N2/c1-11-9-12(2)20-17(15(11)10-18)21(4)13(3)14-7-5-6-8-16(14)19/h5-9,13H,10H2,1-4H3. The predicted molar refractivity (Wildman–Crippen MR) is 91.5 cm³/mol.